The van der Waals surface area contributed by atoms with Crippen molar-refractivity contribution in [1.82, 2.24) is 24.7 Å². The summed E-state index contributed by atoms with van der Waals surface area (Å²) in [6, 6.07) is 8.92. The number of carbonyl (C=O) groups excluding carboxylic acids is 1. The molecular formula is C18H21N7O3. The Morgan fingerprint density at radius 2 is 1.75 bits per heavy atom. The lowest BCUT2D eigenvalue weighted by atomic mass is 10.2. The Morgan fingerprint density at radius 3 is 2.43 bits per heavy atom. The Labute approximate surface area is 161 Å². The molecule has 3 heterocycles. The number of methoxy groups -OCH3 is 2. The first-order valence-electron chi connectivity index (χ1n) is 8.87. The largest absolute Gasteiger partial charge is 0.497 e. The van der Waals surface area contributed by atoms with E-state index in [0.717, 1.165) is 5.82 Å². The summed E-state index contributed by atoms with van der Waals surface area (Å²) in [4.78, 5) is 16.5. The maximum atomic E-state index is 12.6. The minimum atomic E-state index is -0.155. The van der Waals surface area contributed by atoms with Gasteiger partial charge in [0.25, 0.3) is 0 Å². The number of amides is 2. The van der Waals surface area contributed by atoms with Crippen LogP contribution in [0.1, 0.15) is 0 Å². The van der Waals surface area contributed by atoms with Crippen LogP contribution >= 0.6 is 0 Å². The van der Waals surface area contributed by atoms with Crippen molar-refractivity contribution in [3.63, 3.8) is 0 Å². The molecule has 0 bridgehead atoms. The smallest absolute Gasteiger partial charge is 0.321 e. The first kappa shape index (κ1) is 17.8. The predicted octanol–water partition coefficient (Wildman–Crippen LogP) is 1.50. The van der Waals surface area contributed by atoms with E-state index in [1.54, 1.807) is 48.2 Å². The minimum absolute atomic E-state index is 0.155. The molecule has 28 heavy (non-hydrogen) atoms. The van der Waals surface area contributed by atoms with Crippen molar-refractivity contribution >= 4 is 23.2 Å². The molecule has 1 N–H and O–H groups in total. The normalized spacial score (nSPS) is 14.2. The maximum absolute atomic E-state index is 12.6. The van der Waals surface area contributed by atoms with E-state index in [9.17, 15) is 4.79 Å². The highest BCUT2D eigenvalue weighted by atomic mass is 16.5. The number of aromatic nitrogens is 4. The van der Waals surface area contributed by atoms with Crippen LogP contribution in [-0.2, 0) is 0 Å². The van der Waals surface area contributed by atoms with E-state index in [1.165, 1.54) is 0 Å². The first-order chi connectivity index (χ1) is 13.7. The van der Waals surface area contributed by atoms with E-state index in [-0.39, 0.29) is 6.03 Å². The number of urea groups is 1. The number of rotatable bonds is 4. The van der Waals surface area contributed by atoms with Crippen molar-refractivity contribution in [2.45, 2.75) is 0 Å². The van der Waals surface area contributed by atoms with Crippen LogP contribution in [0.4, 0.5) is 16.3 Å². The van der Waals surface area contributed by atoms with Crippen molar-refractivity contribution in [1.29, 1.82) is 0 Å². The molecule has 1 fully saturated rings. The van der Waals surface area contributed by atoms with Crippen molar-refractivity contribution < 1.29 is 14.3 Å². The molecule has 3 aromatic rings. The summed E-state index contributed by atoms with van der Waals surface area (Å²) < 4.78 is 12.1. The van der Waals surface area contributed by atoms with Crippen LogP contribution in [0, 0.1) is 0 Å². The van der Waals surface area contributed by atoms with Crippen LogP contribution in [-0.4, -0.2) is 71.1 Å². The van der Waals surface area contributed by atoms with Crippen LogP contribution in [0.2, 0.25) is 0 Å². The average Bonchev–Trinajstić information content (AvgIpc) is 3.21. The van der Waals surface area contributed by atoms with E-state index in [4.69, 9.17) is 9.47 Å². The van der Waals surface area contributed by atoms with Gasteiger partial charge in [-0.15, -0.1) is 15.3 Å². The summed E-state index contributed by atoms with van der Waals surface area (Å²) in [5.41, 5.74) is 1.33. The van der Waals surface area contributed by atoms with E-state index in [2.05, 4.69) is 25.5 Å². The second-order valence-corrected chi connectivity index (χ2v) is 6.33. The zero-order valence-corrected chi connectivity index (χ0v) is 15.7. The molecule has 0 unspecified atom stereocenters. The third-order valence-corrected chi connectivity index (χ3v) is 4.64. The lowest BCUT2D eigenvalue weighted by Crippen LogP contribution is -2.50. The molecule has 1 saturated heterocycles. The number of piperazine rings is 1. The molecule has 4 rings (SSSR count). The van der Waals surface area contributed by atoms with Gasteiger partial charge < -0.3 is 24.6 Å². The fourth-order valence-electron chi connectivity index (χ4n) is 3.11. The van der Waals surface area contributed by atoms with Gasteiger partial charge in [-0.3, -0.25) is 0 Å². The Balaban J connectivity index is 1.38. The van der Waals surface area contributed by atoms with Gasteiger partial charge in [0.05, 0.1) is 14.2 Å². The quantitative estimate of drug-likeness (QED) is 0.729. The summed E-state index contributed by atoms with van der Waals surface area (Å²) >= 11 is 0. The van der Waals surface area contributed by atoms with Gasteiger partial charge in [0.2, 0.25) is 0 Å². The third kappa shape index (κ3) is 3.61. The highest BCUT2D eigenvalue weighted by Gasteiger charge is 2.22. The van der Waals surface area contributed by atoms with Crippen LogP contribution in [0.25, 0.3) is 5.65 Å². The molecule has 2 aromatic heterocycles. The number of hydrogen-bond donors (Lipinski definition) is 1. The van der Waals surface area contributed by atoms with E-state index in [1.807, 2.05) is 12.1 Å². The van der Waals surface area contributed by atoms with Gasteiger partial charge >= 0.3 is 6.03 Å². The molecule has 1 aliphatic heterocycles. The molecule has 10 heteroatoms. The Morgan fingerprint density at radius 1 is 1.04 bits per heavy atom. The number of hydrogen-bond acceptors (Lipinski definition) is 7. The van der Waals surface area contributed by atoms with E-state index in [0.29, 0.717) is 49.0 Å². The van der Waals surface area contributed by atoms with Gasteiger partial charge in [-0.1, -0.05) is 0 Å². The lowest BCUT2D eigenvalue weighted by Gasteiger charge is -2.35. The second-order valence-electron chi connectivity index (χ2n) is 6.33. The van der Waals surface area contributed by atoms with Crippen LogP contribution in [0.15, 0.2) is 36.7 Å². The van der Waals surface area contributed by atoms with Crippen LogP contribution < -0.4 is 19.7 Å². The molecule has 0 atom stereocenters. The van der Waals surface area contributed by atoms with E-state index < -0.39 is 0 Å². The number of nitrogens with zero attached hydrogens (tertiary/aromatic N) is 6. The first-order valence-corrected chi connectivity index (χ1v) is 8.87. The molecule has 1 aliphatic rings. The monoisotopic (exact) mass is 383 g/mol. The van der Waals surface area contributed by atoms with Crippen LogP contribution in [0.3, 0.4) is 0 Å². The van der Waals surface area contributed by atoms with Gasteiger partial charge in [-0.2, -0.15) is 4.52 Å². The van der Waals surface area contributed by atoms with Crippen molar-refractivity contribution in [3.8, 4) is 11.5 Å². The number of nitrogens with one attached hydrogen (secondary N) is 1. The summed E-state index contributed by atoms with van der Waals surface area (Å²) in [6.07, 6.45) is 1.57. The SMILES string of the molecule is COc1cc(NC(=O)N2CCN(c3ccc4nncn4n3)CC2)cc(OC)c1. The molecule has 146 valence electrons. The highest BCUT2D eigenvalue weighted by molar-refractivity contribution is 5.90. The van der Waals surface area contributed by atoms with Gasteiger partial charge in [0.15, 0.2) is 5.65 Å². The van der Waals surface area contributed by atoms with Gasteiger partial charge in [-0.25, -0.2) is 4.79 Å². The summed E-state index contributed by atoms with van der Waals surface area (Å²) in [5, 5.41) is 15.2. The number of anilines is 2. The molecule has 0 aliphatic carbocycles. The fraction of sp³-hybridized carbons (Fsp3) is 0.333. The molecule has 0 spiro atoms. The fourth-order valence-corrected chi connectivity index (χ4v) is 3.11. The van der Waals surface area contributed by atoms with Crippen molar-refractivity contribution in [3.05, 3.63) is 36.7 Å². The standard InChI is InChI=1S/C18H21N7O3/c1-27-14-9-13(10-15(11-14)28-2)20-18(26)24-7-5-23(6-8-24)17-4-3-16-21-19-12-25(16)22-17/h3-4,9-12H,5-8H2,1-2H3,(H,20,26). The van der Waals surface area contributed by atoms with Crippen LogP contribution in [0.5, 0.6) is 11.5 Å². The molecular weight excluding hydrogens is 362 g/mol. The number of fused-ring (bicyclic) bond motifs is 1. The average molecular weight is 383 g/mol. The molecule has 0 saturated carbocycles. The van der Waals surface area contributed by atoms with Gasteiger partial charge in [-0.05, 0) is 12.1 Å². The zero-order chi connectivity index (χ0) is 19.5. The predicted molar refractivity (Wildman–Crippen MR) is 103 cm³/mol. The zero-order valence-electron chi connectivity index (χ0n) is 15.7. The number of ether oxygens (including phenoxy) is 2. The highest BCUT2D eigenvalue weighted by Crippen LogP contribution is 2.26. The molecule has 1 aromatic carbocycles. The minimum Gasteiger partial charge on any atom is -0.497 e. The lowest BCUT2D eigenvalue weighted by molar-refractivity contribution is 0.208. The third-order valence-electron chi connectivity index (χ3n) is 4.64. The molecule has 0 radical (unpaired) electrons. The Hall–Kier alpha value is -3.56. The van der Waals surface area contributed by atoms with Gasteiger partial charge in [0, 0.05) is 50.1 Å². The topological polar surface area (TPSA) is 97.1 Å². The summed E-state index contributed by atoms with van der Waals surface area (Å²) in [7, 11) is 3.15. The molecule has 10 nitrogen and oxygen atoms in total. The molecule has 2 amide bonds. The second kappa shape index (κ2) is 7.59. The summed E-state index contributed by atoms with van der Waals surface area (Å²) in [5.74, 6) is 2.08. The number of benzene rings is 1. The summed E-state index contributed by atoms with van der Waals surface area (Å²) in [6.45, 7) is 2.56. The van der Waals surface area contributed by atoms with E-state index >= 15 is 0 Å². The Bertz CT molecular complexity index is 960. The van der Waals surface area contributed by atoms with Crippen molar-refractivity contribution in [2.75, 3.05) is 50.6 Å². The van der Waals surface area contributed by atoms with Gasteiger partial charge in [0.1, 0.15) is 23.6 Å². The van der Waals surface area contributed by atoms with Crippen molar-refractivity contribution in [2.24, 2.45) is 0 Å². The number of carbonyl (C=O) groups is 1. The maximum Gasteiger partial charge on any atom is 0.321 e. The Kier molecular flexibility index (Phi) is 4.83.